The summed E-state index contributed by atoms with van der Waals surface area (Å²) in [4.78, 5) is 40.8. The molecular weight excluding hydrogens is 539 g/mol. The molecule has 0 aromatic heterocycles. The lowest BCUT2D eigenvalue weighted by Gasteiger charge is -2.27. The van der Waals surface area contributed by atoms with Crippen LogP contribution in [0.2, 0.25) is 0 Å². The van der Waals surface area contributed by atoms with Crippen molar-refractivity contribution in [2.24, 2.45) is 0 Å². The van der Waals surface area contributed by atoms with E-state index < -0.39 is 11.1 Å². The minimum Gasteiger partial charge on any atom is -0.493 e. The number of thioether (sulfide) groups is 1. The van der Waals surface area contributed by atoms with Crippen LogP contribution < -0.4 is 9.47 Å². The maximum Gasteiger partial charge on any atom is 0.294 e. The van der Waals surface area contributed by atoms with E-state index in [1.54, 1.807) is 35.2 Å². The molecule has 0 N–H and O–H groups in total. The zero-order valence-corrected chi connectivity index (χ0v) is 21.5. The minimum absolute atomic E-state index is 0.135. The SMILES string of the molecule is COc1cc(/C=C2/SC(=O)N(CC(=O)N3CCCCC3)C2=O)cc(Br)c1OCc1cccc(F)c1. The van der Waals surface area contributed by atoms with Gasteiger partial charge in [0.05, 0.1) is 16.5 Å². The van der Waals surface area contributed by atoms with Crippen LogP contribution in [0.25, 0.3) is 6.08 Å². The summed E-state index contributed by atoms with van der Waals surface area (Å²) in [6.07, 6.45) is 4.54. The average Bonchev–Trinajstić information content (AvgIpc) is 3.10. The zero-order valence-electron chi connectivity index (χ0n) is 19.1. The van der Waals surface area contributed by atoms with Crippen molar-refractivity contribution in [1.82, 2.24) is 9.80 Å². The van der Waals surface area contributed by atoms with Gasteiger partial charge in [0.15, 0.2) is 11.5 Å². The number of imide groups is 1. The lowest BCUT2D eigenvalue weighted by molar-refractivity contribution is -0.136. The molecule has 2 aromatic carbocycles. The number of hydrogen-bond acceptors (Lipinski definition) is 6. The Bertz CT molecular complexity index is 1180. The maximum absolute atomic E-state index is 13.4. The summed E-state index contributed by atoms with van der Waals surface area (Å²) in [5.74, 6) is -0.223. The van der Waals surface area contributed by atoms with Gasteiger partial charge < -0.3 is 14.4 Å². The highest BCUT2D eigenvalue weighted by Crippen LogP contribution is 2.39. The van der Waals surface area contributed by atoms with Crippen LogP contribution >= 0.6 is 27.7 Å². The molecule has 2 fully saturated rings. The van der Waals surface area contributed by atoms with Crippen molar-refractivity contribution in [3.05, 3.63) is 62.7 Å². The normalized spacial score (nSPS) is 17.3. The third-order valence-corrected chi connectivity index (χ3v) is 7.19. The van der Waals surface area contributed by atoms with Crippen LogP contribution in [-0.4, -0.2) is 53.6 Å². The summed E-state index contributed by atoms with van der Waals surface area (Å²) in [6.45, 7) is 1.20. The average molecular weight is 563 g/mol. The van der Waals surface area contributed by atoms with Crippen molar-refractivity contribution in [1.29, 1.82) is 0 Å². The number of hydrogen-bond donors (Lipinski definition) is 0. The summed E-state index contributed by atoms with van der Waals surface area (Å²) in [5.41, 5.74) is 1.27. The molecular formula is C25H24BrFN2O5S. The number of methoxy groups -OCH3 is 1. The quantitative estimate of drug-likeness (QED) is 0.430. The number of amides is 3. The highest BCUT2D eigenvalue weighted by molar-refractivity contribution is 9.10. The smallest absolute Gasteiger partial charge is 0.294 e. The predicted octanol–water partition coefficient (Wildman–Crippen LogP) is 5.22. The van der Waals surface area contributed by atoms with Gasteiger partial charge in [-0.3, -0.25) is 19.3 Å². The first kappa shape index (κ1) is 25.2. The fraction of sp³-hybridized carbons (Fsp3) is 0.320. The van der Waals surface area contributed by atoms with Crippen LogP contribution in [0.1, 0.15) is 30.4 Å². The monoisotopic (exact) mass is 562 g/mol. The molecule has 0 unspecified atom stereocenters. The Hall–Kier alpha value is -2.85. The second kappa shape index (κ2) is 11.3. The first-order valence-corrected chi connectivity index (χ1v) is 12.7. The number of ether oxygens (including phenoxy) is 2. The van der Waals surface area contributed by atoms with E-state index in [9.17, 15) is 18.8 Å². The third kappa shape index (κ3) is 6.05. The molecule has 184 valence electrons. The van der Waals surface area contributed by atoms with Gasteiger partial charge in [-0.2, -0.15) is 0 Å². The van der Waals surface area contributed by atoms with E-state index in [2.05, 4.69) is 15.9 Å². The fourth-order valence-corrected chi connectivity index (χ4v) is 5.32. The molecule has 0 radical (unpaired) electrons. The van der Waals surface area contributed by atoms with Gasteiger partial charge in [0.1, 0.15) is 19.0 Å². The molecule has 3 amide bonds. The largest absolute Gasteiger partial charge is 0.493 e. The van der Waals surface area contributed by atoms with Crippen molar-refractivity contribution >= 4 is 50.8 Å². The lowest BCUT2D eigenvalue weighted by atomic mass is 10.1. The van der Waals surface area contributed by atoms with E-state index in [4.69, 9.17) is 9.47 Å². The van der Waals surface area contributed by atoms with Gasteiger partial charge in [-0.1, -0.05) is 12.1 Å². The molecule has 2 heterocycles. The number of nitrogens with zero attached hydrogens (tertiary/aromatic N) is 2. The maximum atomic E-state index is 13.4. The molecule has 7 nitrogen and oxygen atoms in total. The summed E-state index contributed by atoms with van der Waals surface area (Å²) >= 11 is 4.27. The standard InChI is InChI=1S/C25H24BrFN2O5S/c1-33-20-12-17(11-19(26)23(20)34-15-16-6-5-7-18(27)10-16)13-21-24(31)29(25(32)35-21)14-22(30)28-8-3-2-4-9-28/h5-7,10-13H,2-4,8-9,14-15H2,1H3/b21-13+. The van der Waals surface area contributed by atoms with Crippen LogP contribution in [0.5, 0.6) is 11.5 Å². The number of likely N-dealkylation sites (tertiary alicyclic amines) is 1. The van der Waals surface area contributed by atoms with Gasteiger partial charge in [-0.25, -0.2) is 4.39 Å². The number of carbonyl (C=O) groups is 3. The molecule has 0 bridgehead atoms. The number of piperidine rings is 1. The Morgan fingerprint density at radius 2 is 1.94 bits per heavy atom. The fourth-order valence-electron chi connectivity index (χ4n) is 3.91. The Morgan fingerprint density at radius 1 is 1.17 bits per heavy atom. The summed E-state index contributed by atoms with van der Waals surface area (Å²) in [7, 11) is 1.49. The summed E-state index contributed by atoms with van der Waals surface area (Å²) < 4.78 is 25.3. The topological polar surface area (TPSA) is 76.2 Å². The lowest BCUT2D eigenvalue weighted by Crippen LogP contribution is -2.44. The van der Waals surface area contributed by atoms with Crippen molar-refractivity contribution in [2.45, 2.75) is 25.9 Å². The minimum atomic E-state index is -0.494. The van der Waals surface area contributed by atoms with E-state index in [0.29, 0.717) is 40.2 Å². The molecule has 4 rings (SSSR count). The number of halogens is 2. The van der Waals surface area contributed by atoms with Crippen LogP contribution in [-0.2, 0) is 16.2 Å². The second-order valence-corrected chi connectivity index (χ2v) is 10.0. The van der Waals surface area contributed by atoms with Gasteiger partial charge >= 0.3 is 0 Å². The van der Waals surface area contributed by atoms with Crippen LogP contribution in [0, 0.1) is 5.82 Å². The molecule has 2 aliphatic heterocycles. The van der Waals surface area contributed by atoms with Crippen molar-refractivity contribution < 1.29 is 28.2 Å². The van der Waals surface area contributed by atoms with Gasteiger partial charge in [-0.15, -0.1) is 0 Å². The first-order valence-electron chi connectivity index (χ1n) is 11.1. The molecule has 0 saturated carbocycles. The van der Waals surface area contributed by atoms with E-state index in [1.165, 1.54) is 19.2 Å². The Morgan fingerprint density at radius 3 is 2.66 bits per heavy atom. The highest BCUT2D eigenvalue weighted by atomic mass is 79.9. The highest BCUT2D eigenvalue weighted by Gasteiger charge is 2.37. The van der Waals surface area contributed by atoms with Gasteiger partial charge in [-0.05, 0) is 88.4 Å². The second-order valence-electron chi connectivity index (χ2n) is 8.16. The van der Waals surface area contributed by atoms with E-state index in [0.717, 1.165) is 35.9 Å². The van der Waals surface area contributed by atoms with Crippen molar-refractivity contribution in [3.8, 4) is 11.5 Å². The number of carbonyl (C=O) groups excluding carboxylic acids is 3. The Kier molecular flexibility index (Phi) is 8.12. The molecule has 2 aliphatic rings. The summed E-state index contributed by atoms with van der Waals surface area (Å²) in [6, 6.07) is 9.52. The van der Waals surface area contributed by atoms with Gasteiger partial charge in [0.25, 0.3) is 11.1 Å². The van der Waals surface area contributed by atoms with E-state index in [1.807, 2.05) is 0 Å². The Balaban J connectivity index is 1.48. The first-order chi connectivity index (χ1) is 16.9. The molecule has 0 spiro atoms. The predicted molar refractivity (Wildman–Crippen MR) is 135 cm³/mol. The molecule has 2 aromatic rings. The molecule has 35 heavy (non-hydrogen) atoms. The molecule has 10 heteroatoms. The molecule has 0 aliphatic carbocycles. The molecule has 0 atom stereocenters. The van der Waals surface area contributed by atoms with E-state index in [-0.39, 0.29) is 29.8 Å². The van der Waals surface area contributed by atoms with E-state index >= 15 is 0 Å². The third-order valence-electron chi connectivity index (χ3n) is 5.70. The zero-order chi connectivity index (χ0) is 24.9. The van der Waals surface area contributed by atoms with Crippen LogP contribution in [0.15, 0.2) is 45.8 Å². The van der Waals surface area contributed by atoms with Gasteiger partial charge in [0.2, 0.25) is 5.91 Å². The number of rotatable bonds is 7. The van der Waals surface area contributed by atoms with Crippen LogP contribution in [0.4, 0.5) is 9.18 Å². The van der Waals surface area contributed by atoms with Gasteiger partial charge in [0, 0.05) is 13.1 Å². The van der Waals surface area contributed by atoms with Crippen LogP contribution in [0.3, 0.4) is 0 Å². The molecule has 2 saturated heterocycles. The van der Waals surface area contributed by atoms with Crippen molar-refractivity contribution in [2.75, 3.05) is 26.7 Å². The van der Waals surface area contributed by atoms with Crippen molar-refractivity contribution in [3.63, 3.8) is 0 Å². The Labute approximate surface area is 215 Å². The summed E-state index contributed by atoms with van der Waals surface area (Å²) in [5, 5.41) is -0.465. The number of benzene rings is 2.